The molecule has 0 spiro atoms. The normalized spacial score (nSPS) is 11.9. The predicted octanol–water partition coefficient (Wildman–Crippen LogP) is 13.4. The van der Waals surface area contributed by atoms with Crippen molar-refractivity contribution in [1.82, 2.24) is 19.5 Å². The van der Waals surface area contributed by atoms with Gasteiger partial charge < -0.3 is 13.4 Å². The maximum absolute atomic E-state index is 6.69. The van der Waals surface area contributed by atoms with Crippen molar-refractivity contribution in [2.45, 2.75) is 0 Å². The minimum absolute atomic E-state index is 0.593. The van der Waals surface area contributed by atoms with Crippen LogP contribution in [-0.2, 0) is 0 Å². The first kappa shape index (κ1) is 31.5. The average molecular weight is 731 g/mol. The molecule has 12 rings (SSSR count). The van der Waals surface area contributed by atoms with Crippen LogP contribution >= 0.6 is 0 Å². The highest BCUT2D eigenvalue weighted by Gasteiger charge is 2.20. The van der Waals surface area contributed by atoms with Gasteiger partial charge in [0.2, 0.25) is 0 Å². The molecule has 4 aromatic heterocycles. The number of fused-ring (bicyclic) bond motifs is 9. The molecule has 0 bridgehead atoms. The largest absolute Gasteiger partial charge is 0.456 e. The smallest absolute Gasteiger partial charge is 0.164 e. The van der Waals surface area contributed by atoms with Crippen LogP contribution in [0, 0.1) is 0 Å². The molecule has 0 radical (unpaired) electrons. The molecule has 0 saturated heterocycles. The number of hydrogen-bond donors (Lipinski definition) is 0. The fourth-order valence-electron chi connectivity index (χ4n) is 8.50. The molecule has 0 amide bonds. The molecular weight excluding hydrogens is 701 g/mol. The molecular formula is C51H30N4O2. The molecule has 0 aliphatic carbocycles. The van der Waals surface area contributed by atoms with Gasteiger partial charge in [-0.25, -0.2) is 15.0 Å². The Bertz CT molecular complexity index is 3470. The lowest BCUT2D eigenvalue weighted by atomic mass is 9.98. The molecule has 12 aromatic rings. The van der Waals surface area contributed by atoms with E-state index in [2.05, 4.69) is 95.6 Å². The number of aromatic nitrogens is 4. The zero-order chi connectivity index (χ0) is 37.5. The number of nitrogens with zero attached hydrogens (tertiary/aromatic N) is 4. The van der Waals surface area contributed by atoms with Gasteiger partial charge >= 0.3 is 0 Å². The van der Waals surface area contributed by atoms with Crippen molar-refractivity contribution in [1.29, 1.82) is 0 Å². The number of rotatable bonds is 5. The van der Waals surface area contributed by atoms with Gasteiger partial charge in [0, 0.05) is 60.8 Å². The first-order valence-electron chi connectivity index (χ1n) is 19.0. The Kier molecular flexibility index (Phi) is 6.83. The summed E-state index contributed by atoms with van der Waals surface area (Å²) in [5, 5.41) is 6.57. The Balaban J connectivity index is 1.05. The minimum Gasteiger partial charge on any atom is -0.456 e. The van der Waals surface area contributed by atoms with Crippen molar-refractivity contribution in [3.05, 3.63) is 182 Å². The molecule has 0 unspecified atom stereocenters. The lowest BCUT2D eigenvalue weighted by molar-refractivity contribution is 0.668. The van der Waals surface area contributed by atoms with Crippen molar-refractivity contribution < 1.29 is 8.83 Å². The lowest BCUT2D eigenvalue weighted by Crippen LogP contribution is -2.00. The lowest BCUT2D eigenvalue weighted by Gasteiger charge is -2.10. The molecule has 6 heteroatoms. The van der Waals surface area contributed by atoms with Crippen LogP contribution in [0.2, 0.25) is 0 Å². The second-order valence-electron chi connectivity index (χ2n) is 14.4. The molecule has 8 aromatic carbocycles. The summed E-state index contributed by atoms with van der Waals surface area (Å²) in [4.78, 5) is 15.0. The summed E-state index contributed by atoms with van der Waals surface area (Å²) < 4.78 is 15.3. The SMILES string of the molecule is c1ccc(-c2nc(-c3ccccc3)nc(-c3cccc4oc5cc(-n6c7ccccc7c7ccc(-c8cccc9oc%10ccccc%10c89)cc76)ccc5c34)n2)cc1. The zero-order valence-electron chi connectivity index (χ0n) is 30.4. The van der Waals surface area contributed by atoms with E-state index in [0.29, 0.717) is 17.5 Å². The van der Waals surface area contributed by atoms with Crippen molar-refractivity contribution >= 4 is 65.7 Å². The molecule has 4 heterocycles. The summed E-state index contributed by atoms with van der Waals surface area (Å²) in [7, 11) is 0. The van der Waals surface area contributed by atoms with E-state index in [4.69, 9.17) is 23.8 Å². The van der Waals surface area contributed by atoms with Crippen molar-refractivity contribution in [3.63, 3.8) is 0 Å². The minimum atomic E-state index is 0.593. The van der Waals surface area contributed by atoms with Gasteiger partial charge in [0.1, 0.15) is 22.3 Å². The van der Waals surface area contributed by atoms with Gasteiger partial charge in [0.25, 0.3) is 0 Å². The van der Waals surface area contributed by atoms with Crippen molar-refractivity contribution in [3.8, 4) is 51.0 Å². The van der Waals surface area contributed by atoms with E-state index >= 15 is 0 Å². The Morgan fingerprint density at radius 2 is 0.877 bits per heavy atom. The number of furan rings is 2. The van der Waals surface area contributed by atoms with Gasteiger partial charge in [0.15, 0.2) is 17.5 Å². The molecule has 0 saturated carbocycles. The van der Waals surface area contributed by atoms with Gasteiger partial charge in [-0.3, -0.25) is 0 Å². The van der Waals surface area contributed by atoms with Crippen LogP contribution in [0.5, 0.6) is 0 Å². The van der Waals surface area contributed by atoms with Gasteiger partial charge in [-0.2, -0.15) is 0 Å². The van der Waals surface area contributed by atoms with Gasteiger partial charge in [-0.15, -0.1) is 0 Å². The van der Waals surface area contributed by atoms with Crippen LogP contribution in [-0.4, -0.2) is 19.5 Å². The van der Waals surface area contributed by atoms with Gasteiger partial charge in [-0.1, -0.05) is 133 Å². The Hall–Kier alpha value is -7.83. The highest BCUT2D eigenvalue weighted by atomic mass is 16.3. The van der Waals surface area contributed by atoms with Crippen LogP contribution < -0.4 is 0 Å². The monoisotopic (exact) mass is 730 g/mol. The third kappa shape index (κ3) is 4.94. The molecule has 0 aliphatic rings. The van der Waals surface area contributed by atoms with E-state index in [9.17, 15) is 0 Å². The summed E-state index contributed by atoms with van der Waals surface area (Å²) in [6.45, 7) is 0. The highest BCUT2D eigenvalue weighted by Crippen LogP contribution is 2.42. The van der Waals surface area contributed by atoms with E-state index in [1.165, 1.54) is 10.8 Å². The second kappa shape index (κ2) is 12.3. The molecule has 0 aliphatic heterocycles. The summed E-state index contributed by atoms with van der Waals surface area (Å²) in [6, 6.07) is 62.7. The van der Waals surface area contributed by atoms with E-state index in [1.807, 2.05) is 91.0 Å². The van der Waals surface area contributed by atoms with Crippen LogP contribution in [0.15, 0.2) is 191 Å². The fraction of sp³-hybridized carbons (Fsp3) is 0. The molecule has 57 heavy (non-hydrogen) atoms. The second-order valence-corrected chi connectivity index (χ2v) is 14.4. The van der Waals surface area contributed by atoms with E-state index in [-0.39, 0.29) is 0 Å². The van der Waals surface area contributed by atoms with E-state index < -0.39 is 0 Å². The quantitative estimate of drug-likeness (QED) is 0.176. The maximum Gasteiger partial charge on any atom is 0.164 e. The topological polar surface area (TPSA) is 69.9 Å². The first-order chi connectivity index (χ1) is 28.2. The number of para-hydroxylation sites is 2. The van der Waals surface area contributed by atoms with E-state index in [1.54, 1.807) is 0 Å². The highest BCUT2D eigenvalue weighted by molar-refractivity contribution is 6.16. The summed E-state index contributed by atoms with van der Waals surface area (Å²) in [6.07, 6.45) is 0. The Morgan fingerprint density at radius 1 is 0.333 bits per heavy atom. The fourth-order valence-corrected chi connectivity index (χ4v) is 8.50. The molecule has 0 atom stereocenters. The molecule has 266 valence electrons. The summed E-state index contributed by atoms with van der Waals surface area (Å²) in [5.74, 6) is 1.83. The molecule has 0 N–H and O–H groups in total. The maximum atomic E-state index is 6.69. The number of benzene rings is 8. The van der Waals surface area contributed by atoms with Crippen LogP contribution in [0.3, 0.4) is 0 Å². The zero-order valence-corrected chi connectivity index (χ0v) is 30.4. The first-order valence-corrected chi connectivity index (χ1v) is 19.0. The number of hydrogen-bond acceptors (Lipinski definition) is 5. The van der Waals surface area contributed by atoms with Crippen LogP contribution in [0.4, 0.5) is 0 Å². The van der Waals surface area contributed by atoms with Crippen molar-refractivity contribution in [2.24, 2.45) is 0 Å². The van der Waals surface area contributed by atoms with Gasteiger partial charge in [0.05, 0.1) is 11.0 Å². The average Bonchev–Trinajstić information content (AvgIpc) is 3.96. The third-order valence-corrected chi connectivity index (χ3v) is 11.1. The summed E-state index contributed by atoms with van der Waals surface area (Å²) >= 11 is 0. The van der Waals surface area contributed by atoms with Crippen LogP contribution in [0.1, 0.15) is 0 Å². The van der Waals surface area contributed by atoms with E-state index in [0.717, 1.165) is 88.4 Å². The molecule has 6 nitrogen and oxygen atoms in total. The summed E-state index contributed by atoms with van der Waals surface area (Å²) in [5.41, 5.74) is 11.6. The Morgan fingerprint density at radius 3 is 1.63 bits per heavy atom. The van der Waals surface area contributed by atoms with Crippen molar-refractivity contribution in [2.75, 3.05) is 0 Å². The third-order valence-electron chi connectivity index (χ3n) is 11.1. The Labute approximate surface area is 325 Å². The standard InChI is InChI=1S/C51H30N4O2/c1-3-13-31(14-4-1)49-52-50(32-15-5-2-6-16-32)54-51(53-49)40-20-12-24-45-48(40)39-28-26-34(30-46(39)57-45)55-41-21-9-7-17-36(41)37-27-25-33(29-42(37)55)35-19-11-23-44-47(35)38-18-8-10-22-43(38)56-44/h1-30H. The predicted molar refractivity (Wildman–Crippen MR) is 230 cm³/mol. The molecule has 0 fully saturated rings. The van der Waals surface area contributed by atoms with Gasteiger partial charge in [-0.05, 0) is 53.6 Å². The van der Waals surface area contributed by atoms with Crippen LogP contribution in [0.25, 0.3) is 117 Å².